The Balaban J connectivity index is 1.44. The maximum absolute atomic E-state index is 15.4. The summed E-state index contributed by atoms with van der Waals surface area (Å²) in [4.78, 5) is 20.3. The van der Waals surface area contributed by atoms with Gasteiger partial charge in [0.1, 0.15) is 23.3 Å². The van der Waals surface area contributed by atoms with Crippen LogP contribution >= 0.6 is 0 Å². The molecular weight excluding hydrogens is 428 g/mol. The number of carbonyl (C=O) groups is 1. The number of aryl methyl sites for hydroxylation is 1. The Morgan fingerprint density at radius 3 is 2.55 bits per heavy atom. The summed E-state index contributed by atoms with van der Waals surface area (Å²) in [6.07, 6.45) is 5.25. The monoisotopic (exact) mass is 455 g/mol. The van der Waals surface area contributed by atoms with Crippen molar-refractivity contribution in [2.24, 2.45) is 17.1 Å². The van der Waals surface area contributed by atoms with Crippen LogP contribution in [0.5, 0.6) is 0 Å². The molecule has 1 aromatic carbocycles. The lowest BCUT2D eigenvalue weighted by molar-refractivity contribution is -0.130. The van der Waals surface area contributed by atoms with E-state index in [-0.39, 0.29) is 23.6 Å². The first kappa shape index (κ1) is 21.5. The predicted molar refractivity (Wildman–Crippen MR) is 122 cm³/mol. The zero-order valence-corrected chi connectivity index (χ0v) is 19.2. The Morgan fingerprint density at radius 1 is 1.15 bits per heavy atom. The van der Waals surface area contributed by atoms with Gasteiger partial charge < -0.3 is 9.80 Å². The molecule has 5 rings (SSSR count). The predicted octanol–water partition coefficient (Wildman–Crippen LogP) is 2.47. The Kier molecular flexibility index (Phi) is 5.18. The Labute approximate surface area is 190 Å². The smallest absolute Gasteiger partial charge is 0.219 e. The second-order valence-corrected chi connectivity index (χ2v) is 8.92. The third-order valence-corrected chi connectivity index (χ3v) is 6.93. The third kappa shape index (κ3) is 3.48. The number of halogens is 2. The van der Waals surface area contributed by atoms with E-state index in [4.69, 9.17) is 10.1 Å². The Bertz CT molecular complexity index is 1210. The molecule has 2 aromatic rings. The van der Waals surface area contributed by atoms with Gasteiger partial charge in [-0.1, -0.05) is 6.92 Å². The molecule has 0 aliphatic carbocycles. The lowest BCUT2D eigenvalue weighted by Gasteiger charge is -2.38. The normalized spacial score (nSPS) is 23.6. The first-order valence-electron chi connectivity index (χ1n) is 11.2. The van der Waals surface area contributed by atoms with Crippen LogP contribution in [0.4, 0.5) is 8.78 Å². The van der Waals surface area contributed by atoms with Crippen molar-refractivity contribution in [2.45, 2.75) is 38.8 Å². The van der Waals surface area contributed by atoms with E-state index >= 15 is 8.78 Å². The molecule has 0 spiro atoms. The van der Waals surface area contributed by atoms with Crippen LogP contribution in [-0.4, -0.2) is 80.4 Å². The number of carbonyl (C=O) groups excluding carboxylic acids is 1. The van der Waals surface area contributed by atoms with Crippen LogP contribution in [0.1, 0.15) is 32.3 Å². The summed E-state index contributed by atoms with van der Waals surface area (Å²) >= 11 is 0. The number of fused-ring (bicyclic) bond motifs is 2. The van der Waals surface area contributed by atoms with Gasteiger partial charge in [0.15, 0.2) is 0 Å². The highest BCUT2D eigenvalue weighted by Gasteiger charge is 2.41. The highest BCUT2D eigenvalue weighted by molar-refractivity contribution is 6.06. The zero-order valence-electron chi connectivity index (χ0n) is 19.2. The minimum atomic E-state index is -0.589. The molecule has 1 aromatic heterocycles. The van der Waals surface area contributed by atoms with Gasteiger partial charge in [0.05, 0.1) is 29.2 Å². The van der Waals surface area contributed by atoms with Crippen molar-refractivity contribution in [3.05, 3.63) is 41.6 Å². The van der Waals surface area contributed by atoms with Crippen LogP contribution in [0.2, 0.25) is 0 Å². The molecule has 1 saturated heterocycles. The van der Waals surface area contributed by atoms with Crippen molar-refractivity contribution in [3.63, 3.8) is 0 Å². The summed E-state index contributed by atoms with van der Waals surface area (Å²) in [5.41, 5.74) is 0.452. The van der Waals surface area contributed by atoms with Crippen LogP contribution in [0.25, 0.3) is 10.9 Å². The van der Waals surface area contributed by atoms with Crippen molar-refractivity contribution in [3.8, 4) is 0 Å². The summed E-state index contributed by atoms with van der Waals surface area (Å²) in [5.74, 6) is -0.142. The summed E-state index contributed by atoms with van der Waals surface area (Å²) in [6, 6.07) is 0.815. The minimum absolute atomic E-state index is 0.0326. The lowest BCUT2D eigenvalue weighted by atomic mass is 9.88. The number of piperazine rings is 1. The quantitative estimate of drug-likeness (QED) is 0.698. The van der Waals surface area contributed by atoms with Crippen LogP contribution in [0.15, 0.2) is 34.5 Å². The van der Waals surface area contributed by atoms with Crippen LogP contribution in [-0.2, 0) is 11.8 Å². The van der Waals surface area contributed by atoms with E-state index in [2.05, 4.69) is 10.00 Å². The van der Waals surface area contributed by atoms with E-state index in [1.54, 1.807) is 19.0 Å². The molecule has 174 valence electrons. The number of benzene rings is 1. The van der Waals surface area contributed by atoms with E-state index in [9.17, 15) is 4.79 Å². The van der Waals surface area contributed by atoms with E-state index in [1.807, 2.05) is 30.9 Å². The molecule has 0 N–H and O–H groups in total. The van der Waals surface area contributed by atoms with Crippen LogP contribution in [0.3, 0.4) is 0 Å². The molecule has 4 heterocycles. The van der Waals surface area contributed by atoms with Crippen LogP contribution < -0.4 is 0 Å². The molecule has 2 unspecified atom stereocenters. The maximum Gasteiger partial charge on any atom is 0.219 e. The number of hydrazone groups is 1. The van der Waals surface area contributed by atoms with Crippen molar-refractivity contribution in [1.29, 1.82) is 0 Å². The number of aromatic nitrogens is 2. The van der Waals surface area contributed by atoms with E-state index in [1.165, 1.54) is 16.9 Å². The van der Waals surface area contributed by atoms with Crippen molar-refractivity contribution < 1.29 is 13.6 Å². The van der Waals surface area contributed by atoms with Crippen molar-refractivity contribution >= 4 is 28.5 Å². The number of hydrogen-bond donors (Lipinski definition) is 0. The van der Waals surface area contributed by atoms with Gasteiger partial charge in [-0.05, 0) is 19.1 Å². The third-order valence-electron chi connectivity index (χ3n) is 6.93. The summed E-state index contributed by atoms with van der Waals surface area (Å²) in [5, 5.41) is 11.0. The summed E-state index contributed by atoms with van der Waals surface area (Å²) in [7, 11) is 1.66. The standard InChI is InChI=1S/C23H27F2N7O/c1-13(21-17(24)11-18-16(22(21)25)12-26-29(18)4)23-14(2)27-19-5-6-20(28-32(19)23)31-9-7-30(8-10-31)15(3)33/h5-6,11-14,23H,7-10H2,1-4H3/t13-,14?,23?/m0/s1. The number of rotatable bonds is 2. The summed E-state index contributed by atoms with van der Waals surface area (Å²) < 4.78 is 32.0. The molecule has 3 aliphatic heterocycles. The summed E-state index contributed by atoms with van der Waals surface area (Å²) in [6.45, 7) is 7.98. The first-order chi connectivity index (χ1) is 15.8. The fourth-order valence-electron chi connectivity index (χ4n) is 5.10. The molecule has 0 saturated carbocycles. The number of amides is 1. The van der Waals surface area contributed by atoms with Crippen molar-refractivity contribution in [2.75, 3.05) is 26.2 Å². The van der Waals surface area contributed by atoms with E-state index in [0.29, 0.717) is 42.9 Å². The highest BCUT2D eigenvalue weighted by atomic mass is 19.1. The molecular formula is C23H27F2N7O. The largest absolute Gasteiger partial charge is 0.352 e. The minimum Gasteiger partial charge on any atom is -0.352 e. The Morgan fingerprint density at radius 2 is 1.85 bits per heavy atom. The molecule has 10 heteroatoms. The SMILES string of the molecule is CC(=O)N1CCN(C2=NN3C(=NC(C)C3[C@@H](C)c3c(F)cc4c(cnn4C)c3F)C=C2)CC1. The van der Waals surface area contributed by atoms with E-state index < -0.39 is 17.6 Å². The molecule has 8 nitrogen and oxygen atoms in total. The second kappa shape index (κ2) is 7.93. The average Bonchev–Trinajstić information content (AvgIpc) is 3.32. The lowest BCUT2D eigenvalue weighted by Crippen LogP contribution is -2.51. The van der Waals surface area contributed by atoms with Gasteiger partial charge in [-0.15, -0.1) is 0 Å². The fourth-order valence-corrected chi connectivity index (χ4v) is 5.10. The molecule has 1 fully saturated rings. The molecule has 1 amide bonds. The topological polar surface area (TPSA) is 69.3 Å². The molecule has 0 radical (unpaired) electrons. The van der Waals surface area contributed by atoms with Gasteiger partial charge in [0.2, 0.25) is 5.91 Å². The molecule has 3 atom stereocenters. The van der Waals surface area contributed by atoms with Gasteiger partial charge in [-0.3, -0.25) is 14.5 Å². The van der Waals surface area contributed by atoms with E-state index in [0.717, 1.165) is 5.84 Å². The van der Waals surface area contributed by atoms with Gasteiger partial charge >= 0.3 is 0 Å². The Hall–Kier alpha value is -3.30. The average molecular weight is 456 g/mol. The maximum atomic E-state index is 15.4. The molecule has 33 heavy (non-hydrogen) atoms. The van der Waals surface area contributed by atoms with Gasteiger partial charge in [0, 0.05) is 57.7 Å². The van der Waals surface area contributed by atoms with Gasteiger partial charge in [-0.2, -0.15) is 10.2 Å². The van der Waals surface area contributed by atoms with Crippen LogP contribution in [0, 0.1) is 11.6 Å². The first-order valence-corrected chi connectivity index (χ1v) is 11.2. The second-order valence-electron chi connectivity index (χ2n) is 8.92. The number of nitrogens with zero attached hydrogens (tertiary/aromatic N) is 7. The van der Waals surface area contributed by atoms with Crippen molar-refractivity contribution in [1.82, 2.24) is 24.6 Å². The molecule has 3 aliphatic rings. The number of amidine groups is 2. The fraction of sp³-hybridized carbons (Fsp3) is 0.478. The highest BCUT2D eigenvalue weighted by Crippen LogP contribution is 2.37. The van der Waals surface area contributed by atoms with Gasteiger partial charge in [-0.25, -0.2) is 13.8 Å². The van der Waals surface area contributed by atoms with Gasteiger partial charge in [0.25, 0.3) is 0 Å². The molecule has 0 bridgehead atoms. The number of hydrogen-bond acceptors (Lipinski definition) is 6. The zero-order chi connectivity index (χ0) is 23.4. The number of aliphatic imine (C=N–C) groups is 1.